The van der Waals surface area contributed by atoms with Gasteiger partial charge in [0.05, 0.1) is 21.1 Å². The molecule has 0 radical (unpaired) electrons. The van der Waals surface area contributed by atoms with Crippen LogP contribution >= 0.6 is 0 Å². The van der Waals surface area contributed by atoms with Gasteiger partial charge in [0.25, 0.3) is 0 Å². The van der Waals surface area contributed by atoms with E-state index < -0.39 is 9.89 Å². The van der Waals surface area contributed by atoms with Crippen LogP contribution in [0.4, 0.5) is 5.82 Å². The maximum absolute atomic E-state index is 12.1. The van der Waals surface area contributed by atoms with Crippen LogP contribution in [-0.2, 0) is 9.89 Å². The Bertz CT molecular complexity index is 1060. The number of nitrogens with one attached hydrogen (secondary N) is 1. The van der Waals surface area contributed by atoms with Gasteiger partial charge in [0.15, 0.2) is 0 Å². The minimum Gasteiger partial charge on any atom is -0.355 e. The highest BCUT2D eigenvalue weighted by Gasteiger charge is 2.21. The molecule has 1 unspecified atom stereocenters. The lowest BCUT2D eigenvalue weighted by atomic mass is 10.0. The van der Waals surface area contributed by atoms with Crippen LogP contribution in [0.3, 0.4) is 0 Å². The number of aromatic amines is 1. The van der Waals surface area contributed by atoms with E-state index in [-0.39, 0.29) is 0 Å². The Labute approximate surface area is 158 Å². The second-order valence-electron chi connectivity index (χ2n) is 6.81. The topological polar surface area (TPSA) is 104 Å². The van der Waals surface area contributed by atoms with Gasteiger partial charge in [-0.3, -0.25) is 5.10 Å². The van der Waals surface area contributed by atoms with Gasteiger partial charge in [-0.25, -0.2) is 23.6 Å². The number of hydrogen-bond acceptors (Lipinski definition) is 5. The van der Waals surface area contributed by atoms with Crippen molar-refractivity contribution >= 4 is 32.5 Å². The highest BCUT2D eigenvalue weighted by atomic mass is 32.2. The van der Waals surface area contributed by atoms with Crippen LogP contribution in [-0.4, -0.2) is 60.7 Å². The van der Waals surface area contributed by atoms with Crippen molar-refractivity contribution in [2.75, 3.05) is 31.1 Å². The number of rotatable bonds is 3. The van der Waals surface area contributed by atoms with Gasteiger partial charge in [-0.1, -0.05) is 0 Å². The fourth-order valence-electron chi connectivity index (χ4n) is 3.56. The fourth-order valence-corrected chi connectivity index (χ4v) is 4.39. The van der Waals surface area contributed by atoms with Gasteiger partial charge in [0, 0.05) is 43.3 Å². The minimum absolute atomic E-state index is 0.593. The molecule has 1 saturated heterocycles. The summed E-state index contributed by atoms with van der Waals surface area (Å²) in [7, 11) is -2.67. The normalized spacial score (nSPS) is 18.4. The van der Waals surface area contributed by atoms with Gasteiger partial charge in [-0.15, -0.1) is 0 Å². The number of hydrogen-bond donors (Lipinski definition) is 2. The molecule has 0 saturated carbocycles. The molecule has 3 N–H and O–H groups in total. The molecule has 3 aromatic rings. The Morgan fingerprint density at radius 3 is 2.81 bits per heavy atom. The summed E-state index contributed by atoms with van der Waals surface area (Å²) in [5.74, 6) is 4.51. The quantitative estimate of drug-likeness (QED) is 0.662. The maximum atomic E-state index is 12.1. The first-order chi connectivity index (χ1) is 12.9. The molecule has 3 heterocycles. The summed E-state index contributed by atoms with van der Waals surface area (Å²) in [4.78, 5) is 11.2. The first-order valence-electron chi connectivity index (χ1n) is 8.83. The van der Waals surface area contributed by atoms with E-state index in [4.69, 9.17) is 5.14 Å². The lowest BCUT2D eigenvalue weighted by molar-refractivity contribution is 0.471. The van der Waals surface area contributed by atoms with E-state index >= 15 is 0 Å². The van der Waals surface area contributed by atoms with Crippen LogP contribution in [0.25, 0.3) is 22.2 Å². The molecule has 1 aliphatic heterocycles. The summed E-state index contributed by atoms with van der Waals surface area (Å²) in [5, 5.41) is 13.8. The third-order valence-electron chi connectivity index (χ3n) is 4.94. The molecule has 1 fully saturated rings. The summed E-state index contributed by atoms with van der Waals surface area (Å²) >= 11 is 0. The van der Waals surface area contributed by atoms with E-state index in [1.54, 1.807) is 16.8 Å². The molecule has 1 aromatic carbocycles. The Morgan fingerprint density at radius 2 is 2.07 bits per heavy atom. The van der Waals surface area contributed by atoms with Gasteiger partial charge < -0.3 is 4.90 Å². The summed E-state index contributed by atoms with van der Waals surface area (Å²) in [6.07, 6.45) is 4.19. The van der Waals surface area contributed by atoms with E-state index in [0.717, 1.165) is 46.5 Å². The standard InChI is InChI=1S/C18H23N7OS/c1-13-10-15-17(11-14(13)16-4-5-22-23-16)20-12-21-18(15)24-6-3-7-25(9-8-24)27(2,19)26/h4-5,10-12H,2-3,6-9H2,1H3,(H2,19,26)(H,22,23). The van der Waals surface area contributed by atoms with Crippen LogP contribution in [0.2, 0.25) is 0 Å². The zero-order valence-electron chi connectivity index (χ0n) is 15.3. The monoisotopic (exact) mass is 385 g/mol. The van der Waals surface area contributed by atoms with E-state index in [0.29, 0.717) is 19.6 Å². The molecule has 9 heteroatoms. The maximum Gasteiger partial charge on any atom is 0.139 e. The number of H-pyrrole nitrogens is 1. The highest BCUT2D eigenvalue weighted by Crippen LogP contribution is 2.30. The van der Waals surface area contributed by atoms with Crippen molar-refractivity contribution in [1.82, 2.24) is 24.5 Å². The molecule has 0 spiro atoms. The van der Waals surface area contributed by atoms with Crippen molar-refractivity contribution in [3.05, 3.63) is 36.3 Å². The molecule has 142 valence electrons. The predicted octanol–water partition coefficient (Wildman–Crippen LogP) is 1.35. The zero-order valence-corrected chi connectivity index (χ0v) is 16.1. The Kier molecular flexibility index (Phi) is 4.58. The number of anilines is 1. The van der Waals surface area contributed by atoms with Crippen LogP contribution in [0.15, 0.2) is 30.7 Å². The second kappa shape index (κ2) is 6.91. The molecule has 8 nitrogen and oxygen atoms in total. The molecular formula is C18H23N7OS. The molecular weight excluding hydrogens is 362 g/mol. The van der Waals surface area contributed by atoms with E-state index in [1.165, 1.54) is 0 Å². The van der Waals surface area contributed by atoms with Crippen molar-refractivity contribution in [2.45, 2.75) is 13.3 Å². The van der Waals surface area contributed by atoms with E-state index in [2.05, 4.69) is 50.0 Å². The van der Waals surface area contributed by atoms with E-state index in [1.807, 2.05) is 6.07 Å². The van der Waals surface area contributed by atoms with Crippen LogP contribution in [0, 0.1) is 6.92 Å². The Hall–Kier alpha value is -2.49. The third kappa shape index (κ3) is 3.53. The average Bonchev–Trinajstić information content (AvgIpc) is 3.03. The highest BCUT2D eigenvalue weighted by molar-refractivity contribution is 7.96. The molecule has 1 aliphatic rings. The van der Waals surface area contributed by atoms with Crippen molar-refractivity contribution < 1.29 is 4.21 Å². The SMILES string of the molecule is C=S(N)(=O)N1CCCN(c2ncnc3cc(-c4ccn[nH]4)c(C)cc23)CC1. The first-order valence-corrected chi connectivity index (χ1v) is 10.6. The summed E-state index contributed by atoms with van der Waals surface area (Å²) < 4.78 is 13.8. The van der Waals surface area contributed by atoms with Crippen LogP contribution in [0.5, 0.6) is 0 Å². The van der Waals surface area contributed by atoms with Crippen molar-refractivity contribution in [3.8, 4) is 11.3 Å². The Morgan fingerprint density at radius 1 is 1.22 bits per heavy atom. The fraction of sp³-hybridized carbons (Fsp3) is 0.333. The number of aromatic nitrogens is 4. The number of nitrogens with zero attached hydrogens (tertiary/aromatic N) is 5. The van der Waals surface area contributed by atoms with Crippen molar-refractivity contribution in [1.29, 1.82) is 0 Å². The first kappa shape index (κ1) is 17.9. The van der Waals surface area contributed by atoms with Gasteiger partial charge in [-0.2, -0.15) is 5.10 Å². The molecule has 0 amide bonds. The number of fused-ring (bicyclic) bond motifs is 1. The molecule has 27 heavy (non-hydrogen) atoms. The second-order valence-corrected chi connectivity index (χ2v) is 8.71. The summed E-state index contributed by atoms with van der Waals surface area (Å²) in [5.41, 5.74) is 4.05. The van der Waals surface area contributed by atoms with Gasteiger partial charge in [0.1, 0.15) is 12.1 Å². The lowest BCUT2D eigenvalue weighted by Gasteiger charge is -2.24. The molecule has 2 aromatic heterocycles. The number of nitrogens with two attached hydrogens (primary N) is 1. The largest absolute Gasteiger partial charge is 0.355 e. The van der Waals surface area contributed by atoms with Gasteiger partial charge in [-0.05, 0) is 43.0 Å². The van der Waals surface area contributed by atoms with Crippen LogP contribution < -0.4 is 10.0 Å². The minimum atomic E-state index is -2.67. The summed E-state index contributed by atoms with van der Waals surface area (Å²) in [6.45, 7) is 4.84. The van der Waals surface area contributed by atoms with Crippen LogP contribution in [0.1, 0.15) is 12.0 Å². The van der Waals surface area contributed by atoms with Crippen molar-refractivity contribution in [2.24, 2.45) is 5.14 Å². The molecule has 0 bridgehead atoms. The van der Waals surface area contributed by atoms with Gasteiger partial charge in [0.2, 0.25) is 0 Å². The zero-order chi connectivity index (χ0) is 19.0. The molecule has 4 rings (SSSR count). The van der Waals surface area contributed by atoms with E-state index in [9.17, 15) is 4.21 Å². The lowest BCUT2D eigenvalue weighted by Crippen LogP contribution is -2.39. The van der Waals surface area contributed by atoms with Gasteiger partial charge >= 0.3 is 0 Å². The van der Waals surface area contributed by atoms with Crippen molar-refractivity contribution in [3.63, 3.8) is 0 Å². The average molecular weight is 385 g/mol. The molecule has 0 aliphatic carbocycles. The number of aryl methyl sites for hydroxylation is 1. The smallest absolute Gasteiger partial charge is 0.139 e. The molecule has 1 atom stereocenters. The third-order valence-corrected chi connectivity index (χ3v) is 6.18. The Balaban J connectivity index is 1.71. The predicted molar refractivity (Wildman–Crippen MR) is 110 cm³/mol. The number of benzene rings is 1. The summed E-state index contributed by atoms with van der Waals surface area (Å²) in [6, 6.07) is 6.13.